The molecule has 1 unspecified atom stereocenters. The van der Waals surface area contributed by atoms with E-state index in [2.05, 4.69) is 10.3 Å². The highest BCUT2D eigenvalue weighted by Crippen LogP contribution is 2.25. The fraction of sp³-hybridized carbons (Fsp3) is 0.118. The Hall–Kier alpha value is -2.34. The molecule has 3 nitrogen and oxygen atoms in total. The van der Waals surface area contributed by atoms with Crippen LogP contribution in [0.25, 0.3) is 10.9 Å². The average molecular weight is 332 g/mol. The van der Waals surface area contributed by atoms with E-state index in [-0.39, 0.29) is 5.52 Å². The quantitative estimate of drug-likeness (QED) is 0.789. The summed E-state index contributed by atoms with van der Waals surface area (Å²) >= 11 is 0. The maximum absolute atomic E-state index is 13.8. The van der Waals surface area contributed by atoms with Gasteiger partial charge in [0.2, 0.25) is 0 Å². The number of hydrogen-bond donors (Lipinski definition) is 1. The molecule has 0 spiro atoms. The van der Waals surface area contributed by atoms with Gasteiger partial charge in [0.1, 0.15) is 11.3 Å². The molecule has 1 N–H and O–H groups in total. The lowest BCUT2D eigenvalue weighted by molar-refractivity contribution is 0.590. The van der Waals surface area contributed by atoms with Crippen molar-refractivity contribution in [3.8, 4) is 0 Å². The second-order valence-electron chi connectivity index (χ2n) is 5.09. The minimum absolute atomic E-state index is 0.133. The highest BCUT2D eigenvalue weighted by molar-refractivity contribution is 7.84. The molecule has 0 amide bonds. The first kappa shape index (κ1) is 15.6. The van der Waals surface area contributed by atoms with E-state index in [9.17, 15) is 13.0 Å². The van der Waals surface area contributed by atoms with E-state index in [1.165, 1.54) is 12.3 Å². The first-order valence-corrected chi connectivity index (χ1v) is 8.50. The van der Waals surface area contributed by atoms with Crippen LogP contribution in [0.1, 0.15) is 5.56 Å². The third-order valence-electron chi connectivity index (χ3n) is 3.50. The van der Waals surface area contributed by atoms with Crippen LogP contribution in [-0.2, 0) is 17.3 Å². The van der Waals surface area contributed by atoms with E-state index >= 15 is 0 Å². The second-order valence-corrected chi connectivity index (χ2v) is 6.47. The Balaban J connectivity index is 1.86. The predicted molar refractivity (Wildman–Crippen MR) is 87.8 cm³/mol. The minimum Gasteiger partial charge on any atom is -0.380 e. The van der Waals surface area contributed by atoms with E-state index in [1.807, 2.05) is 12.1 Å². The molecule has 0 aliphatic heterocycles. The van der Waals surface area contributed by atoms with Crippen molar-refractivity contribution >= 4 is 27.4 Å². The van der Waals surface area contributed by atoms with Crippen LogP contribution >= 0.6 is 0 Å². The molecule has 0 saturated heterocycles. The molecule has 0 aliphatic carbocycles. The number of pyridine rings is 1. The van der Waals surface area contributed by atoms with Gasteiger partial charge in [-0.2, -0.15) is 0 Å². The van der Waals surface area contributed by atoms with Gasteiger partial charge in [0.15, 0.2) is 5.82 Å². The molecule has 3 aromatic rings. The van der Waals surface area contributed by atoms with Gasteiger partial charge in [-0.05, 0) is 29.8 Å². The molecule has 0 aliphatic rings. The summed E-state index contributed by atoms with van der Waals surface area (Å²) in [4.78, 5) is 4.71. The molecule has 6 heteroatoms. The first-order chi connectivity index (χ1) is 11.0. The molecule has 23 heavy (non-hydrogen) atoms. The lowest BCUT2D eigenvalue weighted by Crippen LogP contribution is -2.01. The number of aromatic nitrogens is 1. The molecular formula is C17H14F2N2OS. The number of nitrogens with one attached hydrogen (secondary N) is 1. The van der Waals surface area contributed by atoms with Gasteiger partial charge in [0.25, 0.3) is 0 Å². The van der Waals surface area contributed by atoms with Crippen molar-refractivity contribution in [2.24, 2.45) is 0 Å². The van der Waals surface area contributed by atoms with Crippen LogP contribution in [0.15, 0.2) is 53.6 Å². The number of nitrogens with zero attached hydrogens (tertiary/aromatic N) is 1. The van der Waals surface area contributed by atoms with Crippen molar-refractivity contribution in [1.29, 1.82) is 0 Å². The predicted octanol–water partition coefficient (Wildman–Crippen LogP) is 3.86. The highest BCUT2D eigenvalue weighted by Gasteiger charge is 2.09. The van der Waals surface area contributed by atoms with Gasteiger partial charge < -0.3 is 5.32 Å². The Kier molecular flexibility index (Phi) is 4.34. The first-order valence-electron chi connectivity index (χ1n) is 6.94. The SMILES string of the molecule is CS(=O)c1ccc(CNc2ccnc3c(F)cc(F)cc23)cc1. The summed E-state index contributed by atoms with van der Waals surface area (Å²) in [7, 11) is -1.01. The summed E-state index contributed by atoms with van der Waals surface area (Å²) < 4.78 is 38.6. The van der Waals surface area contributed by atoms with Crippen LogP contribution in [0.2, 0.25) is 0 Å². The zero-order valence-corrected chi connectivity index (χ0v) is 13.2. The molecular weight excluding hydrogens is 318 g/mol. The molecule has 3 rings (SSSR count). The molecule has 0 bridgehead atoms. The Morgan fingerprint density at radius 1 is 1.13 bits per heavy atom. The van der Waals surface area contributed by atoms with Crippen molar-refractivity contribution in [2.45, 2.75) is 11.4 Å². The fourth-order valence-corrected chi connectivity index (χ4v) is 2.85. The smallest absolute Gasteiger partial charge is 0.152 e. The maximum atomic E-state index is 13.8. The summed E-state index contributed by atoms with van der Waals surface area (Å²) in [5.74, 6) is -1.32. The molecule has 1 atom stereocenters. The van der Waals surface area contributed by atoms with Gasteiger partial charge >= 0.3 is 0 Å². The maximum Gasteiger partial charge on any atom is 0.152 e. The number of anilines is 1. The Bertz CT molecular complexity index is 882. The molecule has 1 aromatic heterocycles. The standard InChI is InChI=1S/C17H14F2N2OS/c1-23(22)13-4-2-11(3-5-13)10-21-16-6-7-20-17-14(16)8-12(18)9-15(17)19/h2-9H,10H2,1H3,(H,20,21). The number of rotatable bonds is 4. The van der Waals surface area contributed by atoms with Gasteiger partial charge in [-0.3, -0.25) is 9.19 Å². The van der Waals surface area contributed by atoms with Crippen LogP contribution in [0, 0.1) is 11.6 Å². The zero-order valence-electron chi connectivity index (χ0n) is 12.3. The average Bonchev–Trinajstić information content (AvgIpc) is 2.53. The van der Waals surface area contributed by atoms with E-state index in [4.69, 9.17) is 0 Å². The van der Waals surface area contributed by atoms with Gasteiger partial charge in [-0.15, -0.1) is 0 Å². The Labute approximate surface area is 134 Å². The van der Waals surface area contributed by atoms with Gasteiger partial charge in [-0.1, -0.05) is 12.1 Å². The molecule has 0 saturated carbocycles. The van der Waals surface area contributed by atoms with Crippen LogP contribution < -0.4 is 5.32 Å². The highest BCUT2D eigenvalue weighted by atomic mass is 32.2. The third kappa shape index (κ3) is 3.37. The summed E-state index contributed by atoms with van der Waals surface area (Å²) in [5.41, 5.74) is 1.71. The van der Waals surface area contributed by atoms with Crippen molar-refractivity contribution in [1.82, 2.24) is 4.98 Å². The van der Waals surface area contributed by atoms with E-state index in [0.717, 1.165) is 16.5 Å². The lowest BCUT2D eigenvalue weighted by Gasteiger charge is -2.10. The number of fused-ring (bicyclic) bond motifs is 1. The van der Waals surface area contributed by atoms with Crippen molar-refractivity contribution < 1.29 is 13.0 Å². The largest absolute Gasteiger partial charge is 0.380 e. The fourth-order valence-electron chi connectivity index (χ4n) is 2.33. The Morgan fingerprint density at radius 3 is 2.57 bits per heavy atom. The molecule has 118 valence electrons. The normalized spacial score (nSPS) is 12.3. The minimum atomic E-state index is -1.01. The van der Waals surface area contributed by atoms with Gasteiger partial charge in [0, 0.05) is 51.8 Å². The molecule has 1 heterocycles. The molecule has 0 fully saturated rings. The number of benzene rings is 2. The summed E-state index contributed by atoms with van der Waals surface area (Å²) in [6.45, 7) is 0.480. The van der Waals surface area contributed by atoms with Gasteiger partial charge in [0.05, 0.1) is 0 Å². The summed E-state index contributed by atoms with van der Waals surface area (Å²) in [6, 6.07) is 11.1. The topological polar surface area (TPSA) is 42.0 Å². The van der Waals surface area contributed by atoms with E-state index < -0.39 is 22.4 Å². The summed E-state index contributed by atoms with van der Waals surface area (Å²) in [6.07, 6.45) is 3.11. The van der Waals surface area contributed by atoms with Crippen LogP contribution in [0.3, 0.4) is 0 Å². The van der Waals surface area contributed by atoms with Crippen molar-refractivity contribution in [2.75, 3.05) is 11.6 Å². The monoisotopic (exact) mass is 332 g/mol. The van der Waals surface area contributed by atoms with E-state index in [0.29, 0.717) is 17.6 Å². The van der Waals surface area contributed by atoms with Crippen molar-refractivity contribution in [3.63, 3.8) is 0 Å². The summed E-state index contributed by atoms with van der Waals surface area (Å²) in [5, 5.41) is 3.56. The van der Waals surface area contributed by atoms with Crippen LogP contribution in [0.5, 0.6) is 0 Å². The van der Waals surface area contributed by atoms with Crippen LogP contribution in [-0.4, -0.2) is 15.4 Å². The third-order valence-corrected chi connectivity index (χ3v) is 4.44. The Morgan fingerprint density at radius 2 is 1.87 bits per heavy atom. The zero-order chi connectivity index (χ0) is 16.4. The van der Waals surface area contributed by atoms with Gasteiger partial charge in [-0.25, -0.2) is 8.78 Å². The molecule has 0 radical (unpaired) electrons. The second kappa shape index (κ2) is 6.42. The molecule has 2 aromatic carbocycles. The van der Waals surface area contributed by atoms with Crippen LogP contribution in [0.4, 0.5) is 14.5 Å². The van der Waals surface area contributed by atoms with Crippen molar-refractivity contribution in [3.05, 3.63) is 65.9 Å². The number of halogens is 2. The van der Waals surface area contributed by atoms with E-state index in [1.54, 1.807) is 24.5 Å². The lowest BCUT2D eigenvalue weighted by atomic mass is 10.1. The number of hydrogen-bond acceptors (Lipinski definition) is 3.